The predicted molar refractivity (Wildman–Crippen MR) is 92.4 cm³/mol. The van der Waals surface area contributed by atoms with E-state index in [1.54, 1.807) is 0 Å². The smallest absolute Gasteiger partial charge is 0.194 e. The maximum Gasteiger partial charge on any atom is 0.194 e. The molecule has 0 amide bonds. The highest BCUT2D eigenvalue weighted by Gasteiger charge is 2.33. The zero-order valence-electron chi connectivity index (χ0n) is 12.1. The van der Waals surface area contributed by atoms with Crippen LogP contribution in [0.1, 0.15) is 38.4 Å². The van der Waals surface area contributed by atoms with Crippen molar-refractivity contribution in [3.8, 4) is 0 Å². The van der Waals surface area contributed by atoms with Crippen molar-refractivity contribution in [1.29, 1.82) is 0 Å². The summed E-state index contributed by atoms with van der Waals surface area (Å²) in [7, 11) is 0. The average molecular weight is 386 g/mol. The molecular weight excluding hydrogens is 363 g/mol. The third-order valence-corrected chi connectivity index (χ3v) is 4.14. The number of fused-ring (bicyclic) bond motifs is 1. The zero-order valence-corrected chi connectivity index (χ0v) is 14.5. The van der Waals surface area contributed by atoms with E-state index >= 15 is 0 Å². The molecule has 0 spiro atoms. The molecule has 0 bridgehead atoms. The number of hydrogen-bond acceptors (Lipinski definition) is 4. The fourth-order valence-corrected chi connectivity index (χ4v) is 2.97. The van der Waals surface area contributed by atoms with Crippen molar-refractivity contribution in [3.63, 3.8) is 0 Å². The van der Waals surface area contributed by atoms with Crippen LogP contribution in [-0.2, 0) is 0 Å². The quantitative estimate of drug-likeness (QED) is 0.795. The molecule has 0 radical (unpaired) electrons. The molecule has 1 N–H and O–H groups in total. The second-order valence-electron chi connectivity index (χ2n) is 5.77. The summed E-state index contributed by atoms with van der Waals surface area (Å²) in [5, 5.41) is 3.53. The van der Waals surface area contributed by atoms with Crippen LogP contribution in [0.2, 0.25) is 0 Å². The predicted octanol–water partition coefficient (Wildman–Crippen LogP) is 2.82. The minimum absolute atomic E-state index is 0. The highest BCUT2D eigenvalue weighted by atomic mass is 127. The van der Waals surface area contributed by atoms with Gasteiger partial charge in [0.1, 0.15) is 0 Å². The Bertz CT molecular complexity index is 462. The zero-order chi connectivity index (χ0) is 13.2. The average Bonchev–Trinajstić information content (AvgIpc) is 2.82. The molecule has 1 aromatic rings. The maximum atomic E-state index is 4.68. The van der Waals surface area contributed by atoms with Crippen LogP contribution in [0.5, 0.6) is 0 Å². The van der Waals surface area contributed by atoms with E-state index in [2.05, 4.69) is 40.1 Å². The Labute approximate surface area is 138 Å². The van der Waals surface area contributed by atoms with Crippen molar-refractivity contribution in [2.45, 2.75) is 38.8 Å². The van der Waals surface area contributed by atoms with Crippen molar-refractivity contribution < 1.29 is 0 Å². The van der Waals surface area contributed by atoms with E-state index in [0.717, 1.165) is 30.7 Å². The molecule has 1 fully saturated rings. The second kappa shape index (κ2) is 6.74. The van der Waals surface area contributed by atoms with Gasteiger partial charge in [0, 0.05) is 12.7 Å². The van der Waals surface area contributed by atoms with Gasteiger partial charge in [-0.2, -0.15) is 0 Å². The maximum absolute atomic E-state index is 4.68. The summed E-state index contributed by atoms with van der Waals surface area (Å²) in [4.78, 5) is 11.5. The van der Waals surface area contributed by atoms with Crippen LogP contribution in [0.15, 0.2) is 29.4 Å². The number of guanidine groups is 1. The summed E-state index contributed by atoms with van der Waals surface area (Å²) in [5.74, 6) is 1.83. The van der Waals surface area contributed by atoms with Crippen molar-refractivity contribution in [2.75, 3.05) is 13.1 Å². The highest BCUT2D eigenvalue weighted by molar-refractivity contribution is 14.0. The van der Waals surface area contributed by atoms with Crippen molar-refractivity contribution in [2.24, 2.45) is 10.9 Å². The number of halogens is 1. The van der Waals surface area contributed by atoms with Gasteiger partial charge in [-0.1, -0.05) is 13.0 Å². The molecule has 1 aromatic heterocycles. The summed E-state index contributed by atoms with van der Waals surface area (Å²) in [5.41, 5.74) is 1.07. The summed E-state index contributed by atoms with van der Waals surface area (Å²) in [6.07, 6.45) is 4.45. The first-order valence-corrected chi connectivity index (χ1v) is 7.22. The molecule has 5 heteroatoms. The molecule has 3 rings (SSSR count). The Balaban J connectivity index is 0.00000147. The molecule has 1 saturated heterocycles. The fraction of sp³-hybridized carbons (Fsp3) is 0.600. The lowest BCUT2D eigenvalue weighted by atomic mass is 9.95. The summed E-state index contributed by atoms with van der Waals surface area (Å²) in [6, 6.07) is 6.86. The monoisotopic (exact) mass is 386 g/mol. The number of aromatic nitrogens is 1. The largest absolute Gasteiger partial charge is 0.348 e. The molecule has 4 nitrogen and oxygen atoms in total. The first-order valence-electron chi connectivity index (χ1n) is 7.22. The van der Waals surface area contributed by atoms with Crippen LogP contribution >= 0.6 is 24.0 Å². The second-order valence-corrected chi connectivity index (χ2v) is 5.77. The lowest BCUT2D eigenvalue weighted by Gasteiger charge is -2.36. The van der Waals surface area contributed by atoms with E-state index in [4.69, 9.17) is 0 Å². The van der Waals surface area contributed by atoms with Gasteiger partial charge in [-0.15, -0.1) is 24.0 Å². The van der Waals surface area contributed by atoms with Crippen LogP contribution in [0.3, 0.4) is 0 Å². The molecule has 20 heavy (non-hydrogen) atoms. The van der Waals surface area contributed by atoms with E-state index in [1.165, 1.54) is 12.8 Å². The minimum Gasteiger partial charge on any atom is -0.348 e. The van der Waals surface area contributed by atoms with Gasteiger partial charge in [0.05, 0.1) is 24.3 Å². The number of pyridine rings is 1. The normalized spacial score (nSPS) is 26.3. The summed E-state index contributed by atoms with van der Waals surface area (Å²) < 4.78 is 0. The fourth-order valence-electron chi connectivity index (χ4n) is 2.97. The van der Waals surface area contributed by atoms with E-state index < -0.39 is 0 Å². The minimum atomic E-state index is 0. The molecular formula is C15H23IN4. The van der Waals surface area contributed by atoms with Gasteiger partial charge in [0.25, 0.3) is 0 Å². The number of nitrogens with one attached hydrogen (secondary N) is 1. The molecule has 2 aliphatic rings. The van der Waals surface area contributed by atoms with E-state index in [1.807, 2.05) is 18.3 Å². The van der Waals surface area contributed by atoms with E-state index in [0.29, 0.717) is 6.04 Å². The number of piperidine rings is 1. The van der Waals surface area contributed by atoms with Crippen molar-refractivity contribution in [3.05, 3.63) is 30.1 Å². The van der Waals surface area contributed by atoms with Crippen LogP contribution < -0.4 is 5.32 Å². The topological polar surface area (TPSA) is 40.5 Å². The van der Waals surface area contributed by atoms with Gasteiger partial charge >= 0.3 is 0 Å². The van der Waals surface area contributed by atoms with Crippen molar-refractivity contribution >= 4 is 29.9 Å². The molecule has 3 heterocycles. The Hall–Kier alpha value is -0.850. The lowest BCUT2D eigenvalue weighted by molar-refractivity contribution is 0.210. The first-order chi connectivity index (χ1) is 9.24. The van der Waals surface area contributed by atoms with Gasteiger partial charge in [0.2, 0.25) is 0 Å². The van der Waals surface area contributed by atoms with Crippen LogP contribution in [0, 0.1) is 5.92 Å². The molecule has 0 aliphatic carbocycles. The Morgan fingerprint density at radius 2 is 2.20 bits per heavy atom. The Kier molecular flexibility index (Phi) is 5.23. The van der Waals surface area contributed by atoms with Gasteiger partial charge in [-0.25, -0.2) is 0 Å². The van der Waals surface area contributed by atoms with Gasteiger partial charge in [-0.3, -0.25) is 9.98 Å². The molecule has 2 aliphatic heterocycles. The SMILES string of the molecule is CC1CCC2CN=C(NC(C)c3ccccn3)N2C1.I. The van der Waals surface area contributed by atoms with Crippen LogP contribution in [-0.4, -0.2) is 35.0 Å². The van der Waals surface area contributed by atoms with Gasteiger partial charge in [0.15, 0.2) is 5.96 Å². The molecule has 0 saturated carbocycles. The van der Waals surface area contributed by atoms with Gasteiger partial charge in [-0.05, 0) is 37.8 Å². The van der Waals surface area contributed by atoms with Crippen LogP contribution in [0.4, 0.5) is 0 Å². The molecule has 0 aromatic carbocycles. The van der Waals surface area contributed by atoms with Crippen LogP contribution in [0.25, 0.3) is 0 Å². The lowest BCUT2D eigenvalue weighted by Crippen LogP contribution is -2.48. The Morgan fingerprint density at radius 1 is 1.35 bits per heavy atom. The highest BCUT2D eigenvalue weighted by Crippen LogP contribution is 2.26. The first kappa shape index (κ1) is 15.5. The summed E-state index contributed by atoms with van der Waals surface area (Å²) >= 11 is 0. The number of aliphatic imine (C=N–C) groups is 1. The van der Waals surface area contributed by atoms with E-state index in [-0.39, 0.29) is 30.0 Å². The third kappa shape index (κ3) is 3.24. The standard InChI is InChI=1S/C15H22N4.HI/c1-11-6-7-13-9-17-15(19(13)10-11)18-12(2)14-5-3-4-8-16-14;/h3-5,8,11-13H,6-7,9-10H2,1-2H3,(H,17,18);1H. The van der Waals surface area contributed by atoms with Gasteiger partial charge < -0.3 is 10.2 Å². The number of nitrogens with zero attached hydrogens (tertiary/aromatic N) is 3. The number of hydrogen-bond donors (Lipinski definition) is 1. The number of rotatable bonds is 2. The molecule has 110 valence electrons. The van der Waals surface area contributed by atoms with Crippen molar-refractivity contribution in [1.82, 2.24) is 15.2 Å². The Morgan fingerprint density at radius 3 is 2.95 bits per heavy atom. The third-order valence-electron chi connectivity index (χ3n) is 4.14. The van der Waals surface area contributed by atoms with E-state index in [9.17, 15) is 0 Å². The summed E-state index contributed by atoms with van der Waals surface area (Å²) in [6.45, 7) is 6.55. The molecule has 3 unspecified atom stereocenters. The molecule has 3 atom stereocenters.